The number of carbonyl (C=O) groups excluding carboxylic acids is 1. The van der Waals surface area contributed by atoms with Gasteiger partial charge in [-0.15, -0.1) is 0 Å². The molecule has 5 nitrogen and oxygen atoms in total. The van der Waals surface area contributed by atoms with Gasteiger partial charge >= 0.3 is 0 Å². The Bertz CT molecular complexity index is 1020. The SMILES string of the molecule is CCN(C(=O)[C@H](C)Nc1ccc2c(c1)Cc1ccccc1-2)[C@@H]1CCS(=O)(=O)C1. The van der Waals surface area contributed by atoms with Gasteiger partial charge in [0.15, 0.2) is 9.84 Å². The van der Waals surface area contributed by atoms with E-state index in [0.717, 1.165) is 12.1 Å². The van der Waals surface area contributed by atoms with E-state index in [1.807, 2.05) is 19.9 Å². The molecule has 1 saturated heterocycles. The molecule has 1 fully saturated rings. The molecular weight excluding hydrogens is 372 g/mol. The molecule has 2 aromatic rings. The van der Waals surface area contributed by atoms with Gasteiger partial charge < -0.3 is 10.2 Å². The summed E-state index contributed by atoms with van der Waals surface area (Å²) in [7, 11) is -3.02. The second-order valence-electron chi connectivity index (χ2n) is 7.75. The summed E-state index contributed by atoms with van der Waals surface area (Å²) in [5, 5.41) is 3.32. The number of likely N-dealkylation sites (N-methyl/N-ethyl adjacent to an activating group) is 1. The quantitative estimate of drug-likeness (QED) is 0.717. The highest BCUT2D eigenvalue weighted by atomic mass is 32.2. The zero-order chi connectivity index (χ0) is 19.9. The van der Waals surface area contributed by atoms with Crippen LogP contribution < -0.4 is 5.32 Å². The summed E-state index contributed by atoms with van der Waals surface area (Å²) < 4.78 is 23.6. The molecule has 4 rings (SSSR count). The van der Waals surface area contributed by atoms with Gasteiger partial charge in [0.2, 0.25) is 5.91 Å². The molecule has 28 heavy (non-hydrogen) atoms. The van der Waals surface area contributed by atoms with Crippen molar-refractivity contribution in [3.8, 4) is 11.1 Å². The second kappa shape index (κ2) is 7.24. The Hall–Kier alpha value is -2.34. The van der Waals surface area contributed by atoms with E-state index in [0.29, 0.717) is 13.0 Å². The van der Waals surface area contributed by atoms with Gasteiger partial charge in [-0.1, -0.05) is 30.3 Å². The van der Waals surface area contributed by atoms with Gasteiger partial charge in [0.05, 0.1) is 11.5 Å². The van der Waals surface area contributed by atoms with Crippen LogP contribution in [0.1, 0.15) is 31.4 Å². The van der Waals surface area contributed by atoms with Crippen LogP contribution in [0.15, 0.2) is 42.5 Å². The highest BCUT2D eigenvalue weighted by molar-refractivity contribution is 7.91. The molecule has 6 heteroatoms. The van der Waals surface area contributed by atoms with Crippen molar-refractivity contribution in [1.82, 2.24) is 4.90 Å². The maximum Gasteiger partial charge on any atom is 0.245 e. The van der Waals surface area contributed by atoms with Crippen LogP contribution in [0.25, 0.3) is 11.1 Å². The summed E-state index contributed by atoms with van der Waals surface area (Å²) in [6.07, 6.45) is 1.44. The number of amides is 1. The van der Waals surface area contributed by atoms with Crippen LogP contribution in [0.3, 0.4) is 0 Å². The molecule has 1 aliphatic carbocycles. The van der Waals surface area contributed by atoms with E-state index in [9.17, 15) is 13.2 Å². The number of nitrogens with one attached hydrogen (secondary N) is 1. The molecule has 2 atom stereocenters. The number of carbonyl (C=O) groups is 1. The number of benzene rings is 2. The number of rotatable bonds is 5. The Balaban J connectivity index is 1.47. The van der Waals surface area contributed by atoms with E-state index in [-0.39, 0.29) is 23.5 Å². The van der Waals surface area contributed by atoms with Crippen LogP contribution >= 0.6 is 0 Å². The van der Waals surface area contributed by atoms with Crippen LogP contribution in [-0.4, -0.2) is 49.4 Å². The second-order valence-corrected chi connectivity index (χ2v) is 9.98. The van der Waals surface area contributed by atoms with Gasteiger partial charge in [-0.05, 0) is 61.1 Å². The lowest BCUT2D eigenvalue weighted by atomic mass is 10.1. The highest BCUT2D eigenvalue weighted by Crippen LogP contribution is 2.37. The van der Waals surface area contributed by atoms with Crippen molar-refractivity contribution in [2.75, 3.05) is 23.4 Å². The summed E-state index contributed by atoms with van der Waals surface area (Å²) in [5.41, 5.74) is 6.06. The van der Waals surface area contributed by atoms with E-state index >= 15 is 0 Å². The first-order valence-electron chi connectivity index (χ1n) is 9.86. The molecule has 2 aliphatic rings. The minimum absolute atomic E-state index is 0.0478. The number of fused-ring (bicyclic) bond motifs is 3. The molecule has 0 unspecified atom stereocenters. The van der Waals surface area contributed by atoms with Gasteiger partial charge in [0, 0.05) is 18.3 Å². The predicted octanol–water partition coefficient (Wildman–Crippen LogP) is 3.09. The molecular formula is C22H26N2O3S. The van der Waals surface area contributed by atoms with Crippen LogP contribution in [0.5, 0.6) is 0 Å². The van der Waals surface area contributed by atoms with Crippen LogP contribution in [0.2, 0.25) is 0 Å². The van der Waals surface area contributed by atoms with Crippen molar-refractivity contribution in [3.63, 3.8) is 0 Å². The van der Waals surface area contributed by atoms with Crippen molar-refractivity contribution in [1.29, 1.82) is 0 Å². The molecule has 0 bridgehead atoms. The van der Waals surface area contributed by atoms with Crippen molar-refractivity contribution in [3.05, 3.63) is 53.6 Å². The summed E-state index contributed by atoms with van der Waals surface area (Å²) in [6, 6.07) is 14.1. The average Bonchev–Trinajstić information content (AvgIpc) is 3.21. The summed E-state index contributed by atoms with van der Waals surface area (Å²) in [4.78, 5) is 14.7. The maximum absolute atomic E-state index is 13.0. The highest BCUT2D eigenvalue weighted by Gasteiger charge is 2.35. The zero-order valence-electron chi connectivity index (χ0n) is 16.3. The van der Waals surface area contributed by atoms with E-state index in [2.05, 4.69) is 41.7 Å². The maximum atomic E-state index is 13.0. The van der Waals surface area contributed by atoms with E-state index < -0.39 is 15.9 Å². The fourth-order valence-corrected chi connectivity index (χ4v) is 6.14. The van der Waals surface area contributed by atoms with Crippen LogP contribution in [-0.2, 0) is 21.1 Å². The van der Waals surface area contributed by atoms with E-state index in [1.165, 1.54) is 22.3 Å². The van der Waals surface area contributed by atoms with Gasteiger partial charge in [-0.3, -0.25) is 4.79 Å². The minimum Gasteiger partial charge on any atom is -0.374 e. The molecule has 0 aromatic heterocycles. The van der Waals surface area contributed by atoms with Crippen molar-refractivity contribution in [2.45, 2.75) is 38.8 Å². The van der Waals surface area contributed by atoms with Crippen LogP contribution in [0.4, 0.5) is 5.69 Å². The summed E-state index contributed by atoms with van der Waals surface area (Å²) in [5.74, 6) is 0.207. The smallest absolute Gasteiger partial charge is 0.245 e. The molecule has 2 aromatic carbocycles. The Morgan fingerprint density at radius 1 is 1.18 bits per heavy atom. The topological polar surface area (TPSA) is 66.5 Å². The Morgan fingerprint density at radius 3 is 2.64 bits per heavy atom. The lowest BCUT2D eigenvalue weighted by Gasteiger charge is -2.30. The molecule has 1 aliphatic heterocycles. The van der Waals surface area contributed by atoms with Crippen LogP contribution in [0, 0.1) is 0 Å². The number of sulfone groups is 1. The minimum atomic E-state index is -3.02. The summed E-state index contributed by atoms with van der Waals surface area (Å²) >= 11 is 0. The fraction of sp³-hybridized carbons (Fsp3) is 0.409. The van der Waals surface area contributed by atoms with Gasteiger partial charge in [-0.25, -0.2) is 8.42 Å². The zero-order valence-corrected chi connectivity index (χ0v) is 17.1. The van der Waals surface area contributed by atoms with Crippen molar-refractivity contribution >= 4 is 21.4 Å². The molecule has 148 valence electrons. The molecule has 0 spiro atoms. The number of hydrogen-bond donors (Lipinski definition) is 1. The molecule has 0 saturated carbocycles. The molecule has 1 amide bonds. The monoisotopic (exact) mass is 398 g/mol. The van der Waals surface area contributed by atoms with Gasteiger partial charge in [-0.2, -0.15) is 0 Å². The lowest BCUT2D eigenvalue weighted by molar-refractivity contribution is -0.133. The summed E-state index contributed by atoms with van der Waals surface area (Å²) in [6.45, 7) is 4.27. The Labute approximate surface area is 166 Å². The third-order valence-electron chi connectivity index (χ3n) is 5.82. The van der Waals surface area contributed by atoms with Gasteiger partial charge in [0.1, 0.15) is 6.04 Å². The number of anilines is 1. The molecule has 0 radical (unpaired) electrons. The largest absolute Gasteiger partial charge is 0.374 e. The number of nitrogens with zero attached hydrogens (tertiary/aromatic N) is 1. The first kappa shape index (κ1) is 19.0. The first-order valence-corrected chi connectivity index (χ1v) is 11.7. The van der Waals surface area contributed by atoms with Crippen molar-refractivity contribution in [2.24, 2.45) is 0 Å². The first-order chi connectivity index (χ1) is 13.4. The lowest BCUT2D eigenvalue weighted by Crippen LogP contribution is -2.47. The van der Waals surface area contributed by atoms with E-state index in [4.69, 9.17) is 0 Å². The molecule has 1 N–H and O–H groups in total. The number of hydrogen-bond acceptors (Lipinski definition) is 4. The Morgan fingerprint density at radius 2 is 1.93 bits per heavy atom. The van der Waals surface area contributed by atoms with Crippen molar-refractivity contribution < 1.29 is 13.2 Å². The van der Waals surface area contributed by atoms with Gasteiger partial charge in [0.25, 0.3) is 0 Å². The van der Waals surface area contributed by atoms with E-state index in [1.54, 1.807) is 4.90 Å². The predicted molar refractivity (Wildman–Crippen MR) is 112 cm³/mol. The third kappa shape index (κ3) is 3.53. The standard InChI is InChI=1S/C22H26N2O3S/c1-3-24(19-10-11-28(26,27)14-19)22(25)15(2)23-18-8-9-21-17(13-18)12-16-6-4-5-7-20(16)21/h4-9,13,15,19,23H,3,10-12,14H2,1-2H3/t15-,19+/m0/s1. The average molecular weight is 399 g/mol. The Kier molecular flexibility index (Phi) is 4.91. The third-order valence-corrected chi connectivity index (χ3v) is 7.57. The fourth-order valence-electron chi connectivity index (χ4n) is 4.41. The normalized spacial score (nSPS) is 20.3. The molecule has 1 heterocycles.